The number of nitrogen functional groups attached to an aromatic ring is 1. The number of hydrogen-bond acceptors (Lipinski definition) is 5. The van der Waals surface area contributed by atoms with Crippen LogP contribution in [0.5, 0.6) is 0 Å². The van der Waals surface area contributed by atoms with Gasteiger partial charge in [0.05, 0.1) is 22.9 Å². The van der Waals surface area contributed by atoms with Gasteiger partial charge in [0.2, 0.25) is 0 Å². The second kappa shape index (κ2) is 4.84. The van der Waals surface area contributed by atoms with Gasteiger partial charge in [-0.3, -0.25) is 9.89 Å². The highest BCUT2D eigenvalue weighted by Gasteiger charge is 2.29. The Balaban J connectivity index is 2.17. The summed E-state index contributed by atoms with van der Waals surface area (Å²) in [6.45, 7) is 4.30. The van der Waals surface area contributed by atoms with E-state index in [0.717, 1.165) is 5.69 Å². The molecule has 1 saturated heterocycles. The van der Waals surface area contributed by atoms with E-state index in [0.29, 0.717) is 5.69 Å². The minimum Gasteiger partial charge on any atom is -0.395 e. The van der Waals surface area contributed by atoms with Gasteiger partial charge in [0.15, 0.2) is 15.5 Å². The first kappa shape index (κ1) is 13.9. The molecular weight excluding hydrogens is 268 g/mol. The predicted octanol–water partition coefficient (Wildman–Crippen LogP) is -0.0141. The number of nitrogens with zero attached hydrogens (tertiary/aromatic N) is 2. The summed E-state index contributed by atoms with van der Waals surface area (Å²) in [5.41, 5.74) is 7.17. The largest absolute Gasteiger partial charge is 0.395 e. The summed E-state index contributed by atoms with van der Waals surface area (Å²) in [5, 5.41) is 6.73. The van der Waals surface area contributed by atoms with Crippen molar-refractivity contribution in [3.05, 3.63) is 11.4 Å². The summed E-state index contributed by atoms with van der Waals surface area (Å²) < 4.78 is 22.7. The number of nitrogens with one attached hydrogen (secondary N) is 1. The topological polar surface area (TPSA) is 109 Å². The van der Waals surface area contributed by atoms with E-state index in [9.17, 15) is 13.2 Å². The molecule has 0 aromatic carbocycles. The third-order valence-corrected chi connectivity index (χ3v) is 4.85. The van der Waals surface area contributed by atoms with Gasteiger partial charge in [0, 0.05) is 13.1 Å². The zero-order valence-corrected chi connectivity index (χ0v) is 11.8. The number of H-pyrrole nitrogens is 1. The molecule has 8 heteroatoms. The van der Waals surface area contributed by atoms with Gasteiger partial charge in [-0.2, -0.15) is 5.10 Å². The minimum absolute atomic E-state index is 0.000104. The second-order valence-corrected chi connectivity index (χ2v) is 7.30. The number of amides is 1. The SMILES string of the molecule is CC(C)c1[nH]nc(C(=O)N2CCS(=O)(=O)CC2)c1N. The molecule has 1 amide bonds. The standard InChI is InChI=1S/C11H18N4O3S/c1-7(2)9-8(12)10(14-13-9)11(16)15-3-5-19(17,18)6-4-15/h7H,3-6,12H2,1-2H3,(H,13,14). The first-order valence-electron chi connectivity index (χ1n) is 6.15. The van der Waals surface area contributed by atoms with Crippen LogP contribution >= 0.6 is 0 Å². The van der Waals surface area contributed by atoms with Crippen LogP contribution in [0, 0.1) is 0 Å². The molecule has 2 heterocycles. The monoisotopic (exact) mass is 286 g/mol. The fraction of sp³-hybridized carbons (Fsp3) is 0.636. The summed E-state index contributed by atoms with van der Waals surface area (Å²) in [4.78, 5) is 13.7. The highest BCUT2D eigenvalue weighted by molar-refractivity contribution is 7.91. The molecule has 1 aromatic heterocycles. The number of carbonyl (C=O) groups is 1. The molecule has 1 aromatic rings. The van der Waals surface area contributed by atoms with Gasteiger partial charge < -0.3 is 10.6 Å². The average molecular weight is 286 g/mol. The number of aromatic nitrogens is 2. The van der Waals surface area contributed by atoms with Crippen LogP contribution in [0.25, 0.3) is 0 Å². The zero-order valence-electron chi connectivity index (χ0n) is 11.0. The predicted molar refractivity (Wildman–Crippen MR) is 71.6 cm³/mol. The maximum atomic E-state index is 12.2. The maximum absolute atomic E-state index is 12.2. The molecule has 1 aliphatic heterocycles. The zero-order chi connectivity index (χ0) is 14.2. The maximum Gasteiger partial charge on any atom is 0.276 e. The fourth-order valence-corrected chi connectivity index (χ4v) is 3.23. The summed E-state index contributed by atoms with van der Waals surface area (Å²) in [7, 11) is -3.00. The summed E-state index contributed by atoms with van der Waals surface area (Å²) in [5.74, 6) is -0.161. The molecule has 0 aliphatic carbocycles. The van der Waals surface area contributed by atoms with Crippen LogP contribution in [0.3, 0.4) is 0 Å². The molecular formula is C11H18N4O3S. The van der Waals surface area contributed by atoms with Crippen LogP contribution in [0.1, 0.15) is 35.9 Å². The second-order valence-electron chi connectivity index (χ2n) is 5.00. The molecule has 106 valence electrons. The Hall–Kier alpha value is -1.57. The van der Waals surface area contributed by atoms with Gasteiger partial charge in [0.1, 0.15) is 0 Å². The normalized spacial score (nSPS) is 18.8. The van der Waals surface area contributed by atoms with Crippen molar-refractivity contribution in [2.45, 2.75) is 19.8 Å². The molecule has 7 nitrogen and oxygen atoms in total. The van der Waals surface area contributed by atoms with E-state index in [1.807, 2.05) is 13.8 Å². The molecule has 0 radical (unpaired) electrons. The lowest BCUT2D eigenvalue weighted by Gasteiger charge is -2.26. The molecule has 0 saturated carbocycles. The molecule has 0 unspecified atom stereocenters. The van der Waals surface area contributed by atoms with Crippen molar-refractivity contribution in [1.82, 2.24) is 15.1 Å². The van der Waals surface area contributed by atoms with Crippen LogP contribution < -0.4 is 5.73 Å². The Bertz CT molecular complexity index is 577. The van der Waals surface area contributed by atoms with Crippen molar-refractivity contribution in [2.75, 3.05) is 30.3 Å². The summed E-state index contributed by atoms with van der Waals surface area (Å²) in [6.07, 6.45) is 0. The van der Waals surface area contributed by atoms with Crippen molar-refractivity contribution >= 4 is 21.4 Å². The van der Waals surface area contributed by atoms with Crippen LogP contribution in [0.15, 0.2) is 0 Å². The summed E-state index contributed by atoms with van der Waals surface area (Å²) >= 11 is 0. The Morgan fingerprint density at radius 3 is 2.42 bits per heavy atom. The first-order valence-corrected chi connectivity index (χ1v) is 7.97. The van der Waals surface area contributed by atoms with Crippen molar-refractivity contribution < 1.29 is 13.2 Å². The van der Waals surface area contributed by atoms with Crippen LogP contribution in [0.4, 0.5) is 5.69 Å². The number of sulfone groups is 1. The lowest BCUT2D eigenvalue weighted by Crippen LogP contribution is -2.44. The average Bonchev–Trinajstić information content (AvgIpc) is 2.70. The Morgan fingerprint density at radius 2 is 1.95 bits per heavy atom. The number of aromatic amines is 1. The van der Waals surface area contributed by atoms with Crippen molar-refractivity contribution in [1.29, 1.82) is 0 Å². The van der Waals surface area contributed by atoms with Crippen molar-refractivity contribution in [3.63, 3.8) is 0 Å². The van der Waals surface area contributed by atoms with Crippen LogP contribution in [-0.2, 0) is 9.84 Å². The molecule has 0 spiro atoms. The smallest absolute Gasteiger partial charge is 0.276 e. The summed E-state index contributed by atoms with van der Waals surface area (Å²) in [6, 6.07) is 0. The first-order chi connectivity index (χ1) is 8.82. The Labute approximate surface area is 112 Å². The molecule has 3 N–H and O–H groups in total. The molecule has 19 heavy (non-hydrogen) atoms. The van der Waals surface area contributed by atoms with Crippen molar-refractivity contribution in [3.8, 4) is 0 Å². The lowest BCUT2D eigenvalue weighted by molar-refractivity contribution is 0.0765. The van der Waals surface area contributed by atoms with Gasteiger partial charge in [-0.15, -0.1) is 0 Å². The molecule has 1 fully saturated rings. The molecule has 2 rings (SSSR count). The molecule has 1 aliphatic rings. The number of anilines is 1. The van der Waals surface area contributed by atoms with Gasteiger partial charge in [0.25, 0.3) is 5.91 Å². The van der Waals surface area contributed by atoms with E-state index >= 15 is 0 Å². The van der Waals surface area contributed by atoms with E-state index < -0.39 is 9.84 Å². The van der Waals surface area contributed by atoms with E-state index in [1.54, 1.807) is 0 Å². The highest BCUT2D eigenvalue weighted by atomic mass is 32.2. The van der Waals surface area contributed by atoms with Gasteiger partial charge in [-0.25, -0.2) is 8.42 Å². The highest BCUT2D eigenvalue weighted by Crippen LogP contribution is 2.23. The third kappa shape index (κ3) is 2.73. The number of nitrogens with two attached hydrogens (primary N) is 1. The van der Waals surface area contributed by atoms with Gasteiger partial charge in [-0.05, 0) is 5.92 Å². The van der Waals surface area contributed by atoms with E-state index in [2.05, 4.69) is 10.2 Å². The van der Waals surface area contributed by atoms with Crippen molar-refractivity contribution in [2.24, 2.45) is 0 Å². The quantitative estimate of drug-likeness (QED) is 0.794. The molecule has 0 atom stereocenters. The van der Waals surface area contributed by atoms with E-state index in [4.69, 9.17) is 5.73 Å². The number of carbonyl (C=O) groups excluding carboxylic acids is 1. The van der Waals surface area contributed by atoms with Gasteiger partial charge >= 0.3 is 0 Å². The number of rotatable bonds is 2. The van der Waals surface area contributed by atoms with Crippen LogP contribution in [-0.4, -0.2) is 54.0 Å². The van der Waals surface area contributed by atoms with E-state index in [-0.39, 0.29) is 42.1 Å². The fourth-order valence-electron chi connectivity index (χ4n) is 2.03. The number of hydrogen-bond donors (Lipinski definition) is 2. The lowest BCUT2D eigenvalue weighted by atomic mass is 10.1. The molecule has 0 bridgehead atoms. The van der Waals surface area contributed by atoms with Crippen LogP contribution in [0.2, 0.25) is 0 Å². The minimum atomic E-state index is -3.00. The van der Waals surface area contributed by atoms with E-state index in [1.165, 1.54) is 4.90 Å². The van der Waals surface area contributed by atoms with Gasteiger partial charge in [-0.1, -0.05) is 13.8 Å². The third-order valence-electron chi connectivity index (χ3n) is 3.25. The Kier molecular flexibility index (Phi) is 3.53. The Morgan fingerprint density at radius 1 is 1.37 bits per heavy atom.